The van der Waals surface area contributed by atoms with Gasteiger partial charge in [-0.3, -0.25) is 0 Å². The van der Waals surface area contributed by atoms with E-state index < -0.39 is 7.12 Å². The molecule has 0 radical (unpaired) electrons. The van der Waals surface area contributed by atoms with Crippen molar-refractivity contribution >= 4 is 23.9 Å². The van der Waals surface area contributed by atoms with Gasteiger partial charge in [0.05, 0.1) is 0 Å². The molecular weight excluding hydrogens is 197 g/mol. The second-order valence-electron chi connectivity index (χ2n) is 2.80. The maximum atomic E-state index is 9.14. The van der Waals surface area contributed by atoms with Crippen LogP contribution in [0.15, 0.2) is 35.8 Å². The van der Waals surface area contributed by atoms with Gasteiger partial charge in [-0.15, -0.1) is 11.3 Å². The number of thiazole rings is 1. The molecule has 0 fully saturated rings. The third kappa shape index (κ3) is 1.70. The van der Waals surface area contributed by atoms with E-state index in [4.69, 9.17) is 10.0 Å². The highest BCUT2D eigenvalue weighted by Crippen LogP contribution is 2.19. The lowest BCUT2D eigenvalue weighted by Crippen LogP contribution is -2.31. The van der Waals surface area contributed by atoms with Crippen molar-refractivity contribution < 1.29 is 10.0 Å². The minimum Gasteiger partial charge on any atom is -0.423 e. The molecule has 0 saturated carbocycles. The normalized spacial score (nSPS) is 10.1. The molecule has 0 spiro atoms. The van der Waals surface area contributed by atoms with Crippen molar-refractivity contribution in [1.29, 1.82) is 0 Å². The van der Waals surface area contributed by atoms with Gasteiger partial charge in [0.1, 0.15) is 5.01 Å². The Balaban J connectivity index is 2.53. The van der Waals surface area contributed by atoms with E-state index in [1.807, 2.05) is 17.5 Å². The Kier molecular flexibility index (Phi) is 2.63. The fraction of sp³-hybridized carbons (Fsp3) is 0. The number of aromatic nitrogens is 1. The van der Waals surface area contributed by atoms with E-state index >= 15 is 0 Å². The highest BCUT2D eigenvalue weighted by atomic mass is 32.1. The van der Waals surface area contributed by atoms with Gasteiger partial charge in [-0.2, -0.15) is 0 Å². The second kappa shape index (κ2) is 3.92. The predicted molar refractivity (Wildman–Crippen MR) is 57.4 cm³/mol. The van der Waals surface area contributed by atoms with Gasteiger partial charge in [0.15, 0.2) is 0 Å². The molecule has 1 aromatic heterocycles. The summed E-state index contributed by atoms with van der Waals surface area (Å²) in [5, 5.41) is 20.9. The summed E-state index contributed by atoms with van der Waals surface area (Å²) in [6.45, 7) is 0. The van der Waals surface area contributed by atoms with Gasteiger partial charge < -0.3 is 10.0 Å². The molecule has 5 heteroatoms. The van der Waals surface area contributed by atoms with Gasteiger partial charge in [-0.05, 0) is 5.46 Å². The molecule has 14 heavy (non-hydrogen) atoms. The average molecular weight is 205 g/mol. The zero-order valence-electron chi connectivity index (χ0n) is 7.29. The highest BCUT2D eigenvalue weighted by molar-refractivity contribution is 7.13. The van der Waals surface area contributed by atoms with Crippen LogP contribution in [0.2, 0.25) is 0 Å². The summed E-state index contributed by atoms with van der Waals surface area (Å²) in [5.41, 5.74) is 1.26. The maximum Gasteiger partial charge on any atom is 0.489 e. The molecule has 0 atom stereocenters. The second-order valence-corrected chi connectivity index (χ2v) is 3.69. The molecule has 0 aliphatic rings. The Morgan fingerprint density at radius 3 is 2.64 bits per heavy atom. The van der Waals surface area contributed by atoms with Crippen molar-refractivity contribution in [3.05, 3.63) is 35.8 Å². The van der Waals surface area contributed by atoms with Crippen LogP contribution in [-0.2, 0) is 0 Å². The fourth-order valence-corrected chi connectivity index (χ4v) is 1.96. The van der Waals surface area contributed by atoms with Crippen LogP contribution < -0.4 is 5.46 Å². The summed E-state index contributed by atoms with van der Waals surface area (Å²) in [5.74, 6) is 0. The van der Waals surface area contributed by atoms with Crippen molar-refractivity contribution in [1.82, 2.24) is 4.98 Å². The van der Waals surface area contributed by atoms with Gasteiger partial charge >= 0.3 is 7.12 Å². The van der Waals surface area contributed by atoms with Crippen molar-refractivity contribution in [2.24, 2.45) is 0 Å². The Labute approximate surface area is 85.8 Å². The van der Waals surface area contributed by atoms with Crippen molar-refractivity contribution in [3.8, 4) is 10.6 Å². The van der Waals surface area contributed by atoms with Crippen LogP contribution in [0.4, 0.5) is 0 Å². The Morgan fingerprint density at radius 1 is 1.21 bits per heavy atom. The summed E-state index contributed by atoms with van der Waals surface area (Å²) in [7, 11) is -1.45. The van der Waals surface area contributed by atoms with E-state index in [2.05, 4.69) is 4.98 Å². The number of benzene rings is 1. The summed E-state index contributed by atoms with van der Waals surface area (Å²) >= 11 is 1.47. The van der Waals surface area contributed by atoms with Gasteiger partial charge in [-0.1, -0.05) is 24.3 Å². The molecule has 1 heterocycles. The molecule has 2 rings (SSSR count). The molecule has 2 aromatic rings. The molecule has 2 N–H and O–H groups in total. The van der Waals surface area contributed by atoms with Crippen LogP contribution in [-0.4, -0.2) is 22.2 Å². The SMILES string of the molecule is OB(O)c1ccccc1-c1nccs1. The van der Waals surface area contributed by atoms with Crippen molar-refractivity contribution in [2.75, 3.05) is 0 Å². The first kappa shape index (κ1) is 9.39. The lowest BCUT2D eigenvalue weighted by atomic mass is 9.77. The molecule has 0 aliphatic heterocycles. The van der Waals surface area contributed by atoms with Gasteiger partial charge in [0.2, 0.25) is 0 Å². The topological polar surface area (TPSA) is 53.4 Å². The van der Waals surface area contributed by atoms with Gasteiger partial charge in [-0.25, -0.2) is 4.98 Å². The monoisotopic (exact) mass is 205 g/mol. The first-order valence-electron chi connectivity index (χ1n) is 4.14. The predicted octanol–water partition coefficient (Wildman–Crippen LogP) is 0.490. The molecule has 1 aromatic carbocycles. The molecule has 0 bridgehead atoms. The summed E-state index contributed by atoms with van der Waals surface area (Å²) in [6.07, 6.45) is 1.69. The Bertz CT molecular complexity index is 417. The van der Waals surface area contributed by atoms with Crippen molar-refractivity contribution in [3.63, 3.8) is 0 Å². The minimum atomic E-state index is -1.45. The van der Waals surface area contributed by atoms with Crippen LogP contribution >= 0.6 is 11.3 Å². The van der Waals surface area contributed by atoms with Crippen LogP contribution in [0.1, 0.15) is 0 Å². The highest BCUT2D eigenvalue weighted by Gasteiger charge is 2.17. The van der Waals surface area contributed by atoms with E-state index in [1.54, 1.807) is 18.3 Å². The van der Waals surface area contributed by atoms with Crippen LogP contribution in [0.5, 0.6) is 0 Å². The standard InChI is InChI=1S/C9H8BNO2S/c12-10(13)8-4-2-1-3-7(8)9-11-5-6-14-9/h1-6,12-13H. The molecular formula is C9H8BNO2S. The quantitative estimate of drug-likeness (QED) is 0.701. The number of hydrogen-bond acceptors (Lipinski definition) is 4. The lowest BCUT2D eigenvalue weighted by Gasteiger charge is -2.04. The summed E-state index contributed by atoms with van der Waals surface area (Å²) in [6, 6.07) is 7.13. The average Bonchev–Trinajstić information content (AvgIpc) is 2.70. The minimum absolute atomic E-state index is 0.488. The Hall–Kier alpha value is -1.17. The van der Waals surface area contributed by atoms with E-state index in [1.165, 1.54) is 11.3 Å². The largest absolute Gasteiger partial charge is 0.489 e. The van der Waals surface area contributed by atoms with Gasteiger partial charge in [0, 0.05) is 17.1 Å². The molecule has 0 aliphatic carbocycles. The molecule has 0 unspecified atom stereocenters. The van der Waals surface area contributed by atoms with E-state index in [0.29, 0.717) is 5.46 Å². The zero-order valence-corrected chi connectivity index (χ0v) is 8.11. The number of rotatable bonds is 2. The van der Waals surface area contributed by atoms with E-state index in [9.17, 15) is 0 Å². The molecule has 70 valence electrons. The van der Waals surface area contributed by atoms with Crippen LogP contribution in [0.25, 0.3) is 10.6 Å². The first-order chi connectivity index (χ1) is 6.79. The third-order valence-corrected chi connectivity index (χ3v) is 2.71. The molecule has 3 nitrogen and oxygen atoms in total. The summed E-state index contributed by atoms with van der Waals surface area (Å²) in [4.78, 5) is 4.13. The summed E-state index contributed by atoms with van der Waals surface area (Å²) < 4.78 is 0. The Morgan fingerprint density at radius 2 is 2.00 bits per heavy atom. The lowest BCUT2D eigenvalue weighted by molar-refractivity contribution is 0.426. The van der Waals surface area contributed by atoms with Gasteiger partial charge in [0.25, 0.3) is 0 Å². The van der Waals surface area contributed by atoms with Crippen LogP contribution in [0.3, 0.4) is 0 Å². The van der Waals surface area contributed by atoms with Crippen LogP contribution in [0, 0.1) is 0 Å². The van der Waals surface area contributed by atoms with E-state index in [0.717, 1.165) is 10.6 Å². The number of nitrogens with zero attached hydrogens (tertiary/aromatic N) is 1. The zero-order chi connectivity index (χ0) is 9.97. The molecule has 0 amide bonds. The first-order valence-corrected chi connectivity index (χ1v) is 5.02. The fourth-order valence-electron chi connectivity index (χ4n) is 1.27. The van der Waals surface area contributed by atoms with E-state index in [-0.39, 0.29) is 0 Å². The van der Waals surface area contributed by atoms with Crippen molar-refractivity contribution in [2.45, 2.75) is 0 Å². The third-order valence-electron chi connectivity index (χ3n) is 1.90. The maximum absolute atomic E-state index is 9.14. The smallest absolute Gasteiger partial charge is 0.423 e. The number of hydrogen-bond donors (Lipinski definition) is 2. The molecule has 0 saturated heterocycles.